The van der Waals surface area contributed by atoms with Gasteiger partial charge in [-0.3, -0.25) is 4.99 Å². The van der Waals surface area contributed by atoms with Gasteiger partial charge in [-0.15, -0.1) is 0 Å². The van der Waals surface area contributed by atoms with Crippen LogP contribution in [0.25, 0.3) is 0 Å². The fourth-order valence-corrected chi connectivity index (χ4v) is 6.37. The minimum Gasteiger partial charge on any atom is -0.493 e. The van der Waals surface area contributed by atoms with Crippen molar-refractivity contribution in [2.75, 3.05) is 12.4 Å². The van der Waals surface area contributed by atoms with E-state index in [1.807, 2.05) is 12.3 Å². The first kappa shape index (κ1) is 25.7. The average Bonchev–Trinajstić information content (AvgIpc) is 3.46. The number of fused-ring (bicyclic) bond motifs is 3. The monoisotopic (exact) mass is 626 g/mol. The van der Waals surface area contributed by atoms with Crippen molar-refractivity contribution in [3.05, 3.63) is 128 Å². The van der Waals surface area contributed by atoms with Crippen molar-refractivity contribution in [3.8, 4) is 11.5 Å². The maximum atomic E-state index is 6.14. The minimum absolute atomic E-state index is 0.288. The van der Waals surface area contributed by atoms with Gasteiger partial charge in [0.2, 0.25) is 0 Å². The lowest BCUT2D eigenvalue weighted by Crippen LogP contribution is -2.28. The SMILES string of the molecule is COc1cc(C=Nc2ccc([C@@H]3Nc4ccccc4[C@H]4C=CC[C@H]43)cc2)cc(I)c1OCc1ccc(C)cc1. The molecule has 3 atom stereocenters. The number of anilines is 1. The Kier molecular flexibility index (Phi) is 7.42. The molecule has 0 unspecified atom stereocenters. The second-order valence-corrected chi connectivity index (χ2v) is 11.4. The number of allylic oxidation sites excluding steroid dienone is 2. The molecular weight excluding hydrogens is 595 g/mol. The number of aliphatic imine (C=N–C) groups is 1. The summed E-state index contributed by atoms with van der Waals surface area (Å²) in [6.07, 6.45) is 7.70. The van der Waals surface area contributed by atoms with Crippen LogP contribution >= 0.6 is 22.6 Å². The summed E-state index contributed by atoms with van der Waals surface area (Å²) in [6.45, 7) is 2.58. The van der Waals surface area contributed by atoms with Crippen molar-refractivity contribution in [2.24, 2.45) is 10.9 Å². The smallest absolute Gasteiger partial charge is 0.174 e. The third-order valence-corrected chi connectivity index (χ3v) is 8.44. The molecule has 1 aliphatic heterocycles. The van der Waals surface area contributed by atoms with Gasteiger partial charge in [0.25, 0.3) is 0 Å². The number of hydrogen-bond donors (Lipinski definition) is 1. The quantitative estimate of drug-likeness (QED) is 0.127. The maximum Gasteiger partial charge on any atom is 0.174 e. The molecule has 4 aromatic carbocycles. The largest absolute Gasteiger partial charge is 0.493 e. The van der Waals surface area contributed by atoms with Crippen LogP contribution in [-0.2, 0) is 6.61 Å². The number of methoxy groups -OCH3 is 1. The topological polar surface area (TPSA) is 42.8 Å². The molecule has 2 aliphatic rings. The van der Waals surface area contributed by atoms with Gasteiger partial charge in [-0.05, 0) is 94.4 Å². The van der Waals surface area contributed by atoms with Crippen LogP contribution in [0.3, 0.4) is 0 Å². The number of para-hydroxylation sites is 1. The van der Waals surface area contributed by atoms with Crippen LogP contribution in [-0.4, -0.2) is 13.3 Å². The van der Waals surface area contributed by atoms with Gasteiger partial charge in [0.05, 0.1) is 22.4 Å². The van der Waals surface area contributed by atoms with Gasteiger partial charge in [-0.25, -0.2) is 0 Å². The zero-order chi connectivity index (χ0) is 26.8. The zero-order valence-electron chi connectivity index (χ0n) is 22.1. The van der Waals surface area contributed by atoms with Gasteiger partial charge in [-0.2, -0.15) is 0 Å². The Bertz CT molecular complexity index is 1530. The summed E-state index contributed by atoms with van der Waals surface area (Å²) < 4.78 is 12.8. The number of benzene rings is 4. The molecule has 4 aromatic rings. The molecule has 1 aliphatic carbocycles. The number of hydrogen-bond acceptors (Lipinski definition) is 4. The first-order chi connectivity index (χ1) is 19.1. The van der Waals surface area contributed by atoms with Crippen molar-refractivity contribution < 1.29 is 9.47 Å². The average molecular weight is 627 g/mol. The van der Waals surface area contributed by atoms with Crippen LogP contribution in [0.4, 0.5) is 11.4 Å². The van der Waals surface area contributed by atoms with E-state index in [0.717, 1.165) is 32.6 Å². The second kappa shape index (κ2) is 11.3. The maximum absolute atomic E-state index is 6.14. The molecule has 4 nitrogen and oxygen atoms in total. The van der Waals surface area contributed by atoms with E-state index in [0.29, 0.717) is 24.2 Å². The third-order valence-electron chi connectivity index (χ3n) is 7.64. The Labute approximate surface area is 243 Å². The summed E-state index contributed by atoms with van der Waals surface area (Å²) in [5.41, 5.74) is 8.20. The standard InChI is InChI=1S/C34H31IN2O2/c1-22-10-12-23(13-11-22)21-39-34-30(35)18-24(19-32(34)38-2)20-36-26-16-14-25(15-17-26)33-29-8-5-7-27(29)28-6-3-4-9-31(28)37-33/h3-7,9-20,27,29,33,37H,8,21H2,1-2H3/t27-,29-,33+/m1/s1. The molecule has 1 heterocycles. The van der Waals surface area contributed by atoms with Crippen molar-refractivity contribution in [2.45, 2.75) is 31.9 Å². The molecule has 0 saturated heterocycles. The van der Waals surface area contributed by atoms with Crippen LogP contribution in [0, 0.1) is 16.4 Å². The number of halogens is 1. The van der Waals surface area contributed by atoms with Crippen LogP contribution in [0.15, 0.2) is 102 Å². The zero-order valence-corrected chi connectivity index (χ0v) is 24.3. The van der Waals surface area contributed by atoms with E-state index in [1.54, 1.807) is 7.11 Å². The molecule has 0 spiro atoms. The summed E-state index contributed by atoms with van der Waals surface area (Å²) in [5, 5.41) is 3.80. The van der Waals surface area contributed by atoms with Gasteiger partial charge in [0.1, 0.15) is 6.61 Å². The van der Waals surface area contributed by atoms with E-state index in [-0.39, 0.29) is 6.04 Å². The van der Waals surface area contributed by atoms with Gasteiger partial charge in [-0.1, -0.05) is 72.3 Å². The first-order valence-electron chi connectivity index (χ1n) is 13.3. The Morgan fingerprint density at radius 3 is 2.59 bits per heavy atom. The number of rotatable bonds is 7. The summed E-state index contributed by atoms with van der Waals surface area (Å²) >= 11 is 2.30. The molecule has 6 rings (SSSR count). The van der Waals surface area contributed by atoms with Crippen molar-refractivity contribution in [3.63, 3.8) is 0 Å². The first-order valence-corrected chi connectivity index (χ1v) is 14.4. The highest BCUT2D eigenvalue weighted by Gasteiger charge is 2.37. The van der Waals surface area contributed by atoms with E-state index in [4.69, 9.17) is 14.5 Å². The van der Waals surface area contributed by atoms with Gasteiger partial charge >= 0.3 is 0 Å². The molecule has 196 valence electrons. The molecule has 0 aromatic heterocycles. The normalized spacial score (nSPS) is 19.4. The number of aryl methyl sites for hydroxylation is 1. The van der Waals surface area contributed by atoms with Crippen LogP contribution in [0.1, 0.15) is 46.2 Å². The predicted molar refractivity (Wildman–Crippen MR) is 168 cm³/mol. The molecule has 1 N–H and O–H groups in total. The summed E-state index contributed by atoms with van der Waals surface area (Å²) in [7, 11) is 1.67. The van der Waals surface area contributed by atoms with Gasteiger partial charge in [0.15, 0.2) is 11.5 Å². The van der Waals surface area contributed by atoms with Gasteiger partial charge in [0, 0.05) is 17.8 Å². The number of ether oxygens (including phenoxy) is 2. The minimum atomic E-state index is 0.288. The molecule has 5 heteroatoms. The molecule has 0 amide bonds. The van der Waals surface area contributed by atoms with E-state index in [1.165, 1.54) is 22.4 Å². The van der Waals surface area contributed by atoms with E-state index < -0.39 is 0 Å². The van der Waals surface area contributed by atoms with Crippen LogP contribution in [0.5, 0.6) is 11.5 Å². The van der Waals surface area contributed by atoms with E-state index >= 15 is 0 Å². The van der Waals surface area contributed by atoms with E-state index in [2.05, 4.69) is 126 Å². The van der Waals surface area contributed by atoms with Crippen LogP contribution in [0.2, 0.25) is 0 Å². The second-order valence-electron chi connectivity index (χ2n) is 10.2. The highest BCUT2D eigenvalue weighted by molar-refractivity contribution is 14.1. The summed E-state index contributed by atoms with van der Waals surface area (Å²) in [5.74, 6) is 2.47. The summed E-state index contributed by atoms with van der Waals surface area (Å²) in [6, 6.07) is 30.0. The Hall–Kier alpha value is -3.58. The molecule has 39 heavy (non-hydrogen) atoms. The Morgan fingerprint density at radius 2 is 1.79 bits per heavy atom. The van der Waals surface area contributed by atoms with Crippen LogP contribution < -0.4 is 14.8 Å². The molecule has 0 bridgehead atoms. The summed E-state index contributed by atoms with van der Waals surface area (Å²) in [4.78, 5) is 4.76. The Morgan fingerprint density at radius 1 is 1.00 bits per heavy atom. The molecule has 0 saturated carbocycles. The highest BCUT2D eigenvalue weighted by Crippen LogP contribution is 2.49. The fourth-order valence-electron chi connectivity index (χ4n) is 5.58. The third kappa shape index (κ3) is 5.46. The number of nitrogens with one attached hydrogen (secondary N) is 1. The lowest BCUT2D eigenvalue weighted by molar-refractivity contribution is 0.282. The lowest BCUT2D eigenvalue weighted by Gasteiger charge is -2.37. The molecular formula is C34H31IN2O2. The highest BCUT2D eigenvalue weighted by atomic mass is 127. The van der Waals surface area contributed by atoms with Crippen molar-refractivity contribution in [1.29, 1.82) is 0 Å². The van der Waals surface area contributed by atoms with E-state index in [9.17, 15) is 0 Å². The lowest BCUT2D eigenvalue weighted by atomic mass is 9.77. The fraction of sp³-hybridized carbons (Fsp3) is 0.206. The van der Waals surface area contributed by atoms with Gasteiger partial charge < -0.3 is 14.8 Å². The molecule has 0 radical (unpaired) electrons. The number of nitrogens with zero attached hydrogens (tertiary/aromatic N) is 1. The predicted octanol–water partition coefficient (Wildman–Crippen LogP) is 8.76. The molecule has 0 fully saturated rings. The van der Waals surface area contributed by atoms with Crippen molar-refractivity contribution >= 4 is 40.2 Å². The Balaban J connectivity index is 1.16. The van der Waals surface area contributed by atoms with Crippen molar-refractivity contribution in [1.82, 2.24) is 0 Å².